The Morgan fingerprint density at radius 3 is 1.30 bits per heavy atom. The summed E-state index contributed by atoms with van der Waals surface area (Å²) in [5.41, 5.74) is 5.26. The molecule has 0 fully saturated rings. The van der Waals surface area contributed by atoms with Crippen molar-refractivity contribution in [2.45, 2.75) is 54.4 Å². The van der Waals surface area contributed by atoms with Gasteiger partial charge in [-0.15, -0.1) is 0 Å². The molecule has 3 heteroatoms. The Hall–Kier alpha value is -2.12. The third-order valence-electron chi connectivity index (χ3n) is 6.54. The van der Waals surface area contributed by atoms with Crippen molar-refractivity contribution in [1.82, 2.24) is 0 Å². The molecule has 0 unspecified atom stereocenters. The van der Waals surface area contributed by atoms with Crippen LogP contribution >= 0.6 is 0 Å². The second-order valence-electron chi connectivity index (χ2n) is 9.84. The molecule has 0 N–H and O–H groups in total. The van der Waals surface area contributed by atoms with E-state index in [1.807, 2.05) is 0 Å². The van der Waals surface area contributed by atoms with Crippen LogP contribution in [0.15, 0.2) is 90.5 Å². The topological polar surface area (TPSA) is 18.5 Å². The van der Waals surface area contributed by atoms with E-state index in [1.54, 1.807) is 0 Å². The normalized spacial score (nSPS) is 16.0. The van der Waals surface area contributed by atoms with Gasteiger partial charge in [0.15, 0.2) is 0 Å². The molecule has 2 aliphatic carbocycles. The zero-order valence-electron chi connectivity index (χ0n) is 20.8. The summed E-state index contributed by atoms with van der Waals surface area (Å²) in [4.78, 5) is 0. The standard InChI is InChI=1S/2C8H11.2C7H8O.Zr/c2*1-7(2)8-5-3-4-6-8;2*1-6-2-4-7(8)5-3-6;/h2*3,5,7H,4H2,1-2H3;2*2-5,8H,1H3;/q;;;;+2/p-2. The van der Waals surface area contributed by atoms with Gasteiger partial charge >= 0.3 is 206 Å². The molecule has 172 valence electrons. The monoisotopic (exact) mass is 518 g/mol. The number of hydrogen-bond donors (Lipinski definition) is 0. The van der Waals surface area contributed by atoms with Crippen molar-refractivity contribution in [2.75, 3.05) is 0 Å². The third kappa shape index (κ3) is 5.04. The van der Waals surface area contributed by atoms with Crippen LogP contribution in [0.5, 0.6) is 11.5 Å². The van der Waals surface area contributed by atoms with Gasteiger partial charge in [0.1, 0.15) is 0 Å². The molecule has 0 radical (unpaired) electrons. The van der Waals surface area contributed by atoms with Crippen LogP contribution in [-0.2, 0) is 21.1 Å². The van der Waals surface area contributed by atoms with Crippen molar-refractivity contribution >= 4 is 0 Å². The summed E-state index contributed by atoms with van der Waals surface area (Å²) >= 11 is -4.12. The van der Waals surface area contributed by atoms with E-state index in [1.165, 1.54) is 28.8 Å². The number of aryl methyl sites for hydroxylation is 2. The van der Waals surface area contributed by atoms with Crippen molar-refractivity contribution in [1.29, 1.82) is 0 Å². The molecule has 0 aromatic heterocycles. The Morgan fingerprint density at radius 2 is 0.970 bits per heavy atom. The van der Waals surface area contributed by atoms with E-state index >= 15 is 0 Å². The van der Waals surface area contributed by atoms with Gasteiger partial charge in [-0.2, -0.15) is 0 Å². The van der Waals surface area contributed by atoms with Gasteiger partial charge in [0, 0.05) is 0 Å². The van der Waals surface area contributed by atoms with Crippen molar-refractivity contribution in [3.05, 3.63) is 102 Å². The van der Waals surface area contributed by atoms with Gasteiger partial charge in [0.25, 0.3) is 0 Å². The van der Waals surface area contributed by atoms with Gasteiger partial charge in [-0.1, -0.05) is 0 Å². The van der Waals surface area contributed by atoms with E-state index in [4.69, 9.17) is 5.63 Å². The molecular formula is C30H36O2Zr. The Labute approximate surface area is 205 Å². The average Bonchev–Trinajstić information content (AvgIpc) is 3.47. The van der Waals surface area contributed by atoms with Crippen LogP contribution in [-0.4, -0.2) is 0 Å². The fourth-order valence-corrected chi connectivity index (χ4v) is 14.9. The molecule has 4 rings (SSSR count). The quantitative estimate of drug-likeness (QED) is 0.348. The van der Waals surface area contributed by atoms with Crippen LogP contribution in [0.1, 0.15) is 51.7 Å². The molecule has 2 aromatic rings. The predicted octanol–water partition coefficient (Wildman–Crippen LogP) is 8.49. The summed E-state index contributed by atoms with van der Waals surface area (Å²) in [7, 11) is 0. The van der Waals surface area contributed by atoms with Crippen LogP contribution in [0.25, 0.3) is 0 Å². The van der Waals surface area contributed by atoms with E-state index < -0.39 is 21.1 Å². The van der Waals surface area contributed by atoms with E-state index in [0.29, 0.717) is 11.8 Å². The molecule has 0 atom stereocenters. The van der Waals surface area contributed by atoms with Gasteiger partial charge in [0.2, 0.25) is 0 Å². The summed E-state index contributed by atoms with van der Waals surface area (Å²) in [5, 5.41) is 0. The van der Waals surface area contributed by atoms with Crippen LogP contribution in [0, 0.1) is 25.7 Å². The zero-order valence-corrected chi connectivity index (χ0v) is 23.3. The number of hydrogen-bond acceptors (Lipinski definition) is 2. The molecule has 33 heavy (non-hydrogen) atoms. The predicted molar refractivity (Wildman–Crippen MR) is 135 cm³/mol. The first-order valence-electron chi connectivity index (χ1n) is 12.1. The van der Waals surface area contributed by atoms with Crippen LogP contribution in [0.3, 0.4) is 0 Å². The SMILES string of the molecule is Cc1ccc([O][Zr]([O]c2ccc(C)cc2)([C]2=C(C(C)C)C=CC2)[C]2=C(C(C)C)C=CC2)cc1. The molecule has 2 aromatic carbocycles. The van der Waals surface area contributed by atoms with Crippen LogP contribution < -0.4 is 5.63 Å². The Balaban J connectivity index is 1.96. The first kappa shape index (κ1) is 24.0. The molecule has 0 spiro atoms. The van der Waals surface area contributed by atoms with Gasteiger partial charge in [-0.3, -0.25) is 0 Å². The minimum absolute atomic E-state index is 0.426. The first-order chi connectivity index (χ1) is 15.8. The van der Waals surface area contributed by atoms with Crippen molar-refractivity contribution < 1.29 is 26.8 Å². The molecule has 0 heterocycles. The number of benzene rings is 2. The molecule has 0 aliphatic heterocycles. The summed E-state index contributed by atoms with van der Waals surface area (Å²) in [6, 6.07) is 17.0. The van der Waals surface area contributed by atoms with Gasteiger partial charge in [0.05, 0.1) is 0 Å². The first-order valence-corrected chi connectivity index (χ1v) is 16.6. The fourth-order valence-electron chi connectivity index (χ4n) is 4.77. The Morgan fingerprint density at radius 1 is 0.606 bits per heavy atom. The van der Waals surface area contributed by atoms with E-state index in [9.17, 15) is 0 Å². The molecular weight excluding hydrogens is 484 g/mol. The van der Waals surface area contributed by atoms with Crippen LogP contribution in [0.4, 0.5) is 0 Å². The maximum atomic E-state index is 7.21. The molecule has 0 saturated carbocycles. The number of allylic oxidation sites excluding steroid dienone is 8. The molecule has 0 bridgehead atoms. The van der Waals surface area contributed by atoms with Gasteiger partial charge < -0.3 is 0 Å². The summed E-state index contributed by atoms with van der Waals surface area (Å²) in [5.74, 6) is 2.67. The van der Waals surface area contributed by atoms with E-state index in [-0.39, 0.29) is 0 Å². The van der Waals surface area contributed by atoms with Crippen molar-refractivity contribution in [2.24, 2.45) is 11.8 Å². The van der Waals surface area contributed by atoms with Crippen LogP contribution in [0.2, 0.25) is 0 Å². The van der Waals surface area contributed by atoms with Gasteiger partial charge in [-0.05, 0) is 0 Å². The van der Waals surface area contributed by atoms with E-state index in [2.05, 4.69) is 114 Å². The summed E-state index contributed by atoms with van der Waals surface area (Å²) in [6.45, 7) is 13.4. The van der Waals surface area contributed by atoms with Crippen molar-refractivity contribution in [3.8, 4) is 11.5 Å². The molecule has 2 aliphatic rings. The van der Waals surface area contributed by atoms with Crippen molar-refractivity contribution in [3.63, 3.8) is 0 Å². The second-order valence-corrected chi connectivity index (χ2v) is 16.8. The Bertz CT molecular complexity index is 1020. The van der Waals surface area contributed by atoms with E-state index in [0.717, 1.165) is 24.3 Å². The Kier molecular flexibility index (Phi) is 7.29. The third-order valence-corrected chi connectivity index (χ3v) is 15.4. The molecule has 0 amide bonds. The minimum atomic E-state index is -4.12. The zero-order chi connectivity index (χ0) is 23.6. The number of rotatable bonds is 8. The maximum absolute atomic E-state index is 7.21. The van der Waals surface area contributed by atoms with Gasteiger partial charge in [-0.25, -0.2) is 0 Å². The second kappa shape index (κ2) is 10.0. The average molecular weight is 520 g/mol. The molecule has 2 nitrogen and oxygen atoms in total. The summed E-state index contributed by atoms with van der Waals surface area (Å²) < 4.78 is 17.3. The fraction of sp³-hybridized carbons (Fsp3) is 0.333. The molecule has 0 saturated heterocycles. The summed E-state index contributed by atoms with van der Waals surface area (Å²) in [6.07, 6.45) is 11.0.